The van der Waals surface area contributed by atoms with E-state index in [4.69, 9.17) is 5.26 Å². The predicted molar refractivity (Wildman–Crippen MR) is 69.4 cm³/mol. The van der Waals surface area contributed by atoms with Gasteiger partial charge in [0.05, 0.1) is 5.69 Å². The van der Waals surface area contributed by atoms with Crippen LogP contribution in [0.25, 0.3) is 0 Å². The monoisotopic (exact) mass is 231 g/mol. The number of nitriles is 1. The first-order valence-corrected chi connectivity index (χ1v) is 6.40. The standard InChI is InChI=1S/C12H15N3.C2H6/c1-2-10-7-15(8-10)9-12-5-3-4-11(6-13)14-12;1-2/h3-5,10H,2,7-9H2,1H3;1-2H3. The van der Waals surface area contributed by atoms with Crippen LogP contribution in [0.3, 0.4) is 0 Å². The average Bonchev–Trinajstić information content (AvgIpc) is 2.36. The Hall–Kier alpha value is -1.40. The van der Waals surface area contributed by atoms with E-state index in [0.717, 1.165) is 18.2 Å². The summed E-state index contributed by atoms with van der Waals surface area (Å²) < 4.78 is 0. The van der Waals surface area contributed by atoms with Gasteiger partial charge in [0.25, 0.3) is 0 Å². The Bertz CT molecular complexity index is 375. The number of aromatic nitrogens is 1. The van der Waals surface area contributed by atoms with Gasteiger partial charge in [-0.1, -0.05) is 33.3 Å². The van der Waals surface area contributed by atoms with Crippen LogP contribution in [-0.4, -0.2) is 23.0 Å². The first-order chi connectivity index (χ1) is 8.31. The van der Waals surface area contributed by atoms with Gasteiger partial charge >= 0.3 is 0 Å². The molecule has 0 atom stereocenters. The molecule has 3 nitrogen and oxygen atoms in total. The Balaban J connectivity index is 0.000000686. The molecule has 0 unspecified atom stereocenters. The maximum atomic E-state index is 8.72. The SMILES string of the molecule is CC.CCC1CN(Cc2cccc(C#N)n2)C1. The second-order valence-corrected chi connectivity index (χ2v) is 4.09. The molecule has 17 heavy (non-hydrogen) atoms. The number of rotatable bonds is 3. The van der Waals surface area contributed by atoms with Gasteiger partial charge in [0, 0.05) is 19.6 Å². The molecule has 2 rings (SSSR count). The lowest BCUT2D eigenvalue weighted by molar-refractivity contribution is 0.0885. The van der Waals surface area contributed by atoms with Gasteiger partial charge in [-0.05, 0) is 18.1 Å². The smallest absolute Gasteiger partial charge is 0.140 e. The zero-order valence-corrected chi connectivity index (χ0v) is 11.0. The molecule has 1 saturated heterocycles. The van der Waals surface area contributed by atoms with Crippen LogP contribution in [0.1, 0.15) is 38.6 Å². The van der Waals surface area contributed by atoms with Gasteiger partial charge < -0.3 is 0 Å². The molecule has 1 aromatic heterocycles. The van der Waals surface area contributed by atoms with Crippen molar-refractivity contribution in [1.82, 2.24) is 9.88 Å². The van der Waals surface area contributed by atoms with Gasteiger partial charge in [0.1, 0.15) is 11.8 Å². The fraction of sp³-hybridized carbons (Fsp3) is 0.571. The Morgan fingerprint density at radius 2 is 2.12 bits per heavy atom. The van der Waals surface area contributed by atoms with Crippen molar-refractivity contribution in [2.45, 2.75) is 33.7 Å². The van der Waals surface area contributed by atoms with Crippen LogP contribution < -0.4 is 0 Å². The number of hydrogen-bond donors (Lipinski definition) is 0. The summed E-state index contributed by atoms with van der Waals surface area (Å²) in [6.45, 7) is 9.46. The van der Waals surface area contributed by atoms with Crippen LogP contribution in [0, 0.1) is 17.2 Å². The van der Waals surface area contributed by atoms with Gasteiger partial charge in [0.15, 0.2) is 0 Å². The van der Waals surface area contributed by atoms with Gasteiger partial charge in [-0.25, -0.2) is 4.98 Å². The summed E-state index contributed by atoms with van der Waals surface area (Å²) in [4.78, 5) is 6.63. The van der Waals surface area contributed by atoms with Crippen LogP contribution in [0.15, 0.2) is 18.2 Å². The average molecular weight is 231 g/mol. The molecule has 92 valence electrons. The van der Waals surface area contributed by atoms with Gasteiger partial charge in [-0.15, -0.1) is 0 Å². The molecule has 2 heterocycles. The summed E-state index contributed by atoms with van der Waals surface area (Å²) in [5.74, 6) is 0.865. The minimum absolute atomic E-state index is 0.514. The lowest BCUT2D eigenvalue weighted by Gasteiger charge is -2.38. The molecule has 0 amide bonds. The Kier molecular flexibility index (Phi) is 5.65. The van der Waals surface area contributed by atoms with Crippen molar-refractivity contribution in [2.24, 2.45) is 5.92 Å². The van der Waals surface area contributed by atoms with E-state index in [0.29, 0.717) is 5.69 Å². The third-order valence-corrected chi connectivity index (χ3v) is 2.92. The number of hydrogen-bond acceptors (Lipinski definition) is 3. The maximum Gasteiger partial charge on any atom is 0.140 e. The lowest BCUT2D eigenvalue weighted by Crippen LogP contribution is -2.45. The van der Waals surface area contributed by atoms with E-state index in [2.05, 4.69) is 22.9 Å². The Morgan fingerprint density at radius 1 is 1.41 bits per heavy atom. The van der Waals surface area contributed by atoms with Crippen LogP contribution in [0.2, 0.25) is 0 Å². The summed E-state index contributed by atoms with van der Waals surface area (Å²) in [6.07, 6.45) is 1.27. The van der Waals surface area contributed by atoms with E-state index in [9.17, 15) is 0 Å². The molecule has 1 fully saturated rings. The molecule has 0 bridgehead atoms. The Labute approximate surface area is 104 Å². The largest absolute Gasteiger partial charge is 0.297 e. The maximum absolute atomic E-state index is 8.72. The van der Waals surface area contributed by atoms with Gasteiger partial charge in [-0.3, -0.25) is 4.90 Å². The highest BCUT2D eigenvalue weighted by molar-refractivity contribution is 5.22. The van der Waals surface area contributed by atoms with E-state index < -0.39 is 0 Å². The third kappa shape index (κ3) is 3.83. The highest BCUT2D eigenvalue weighted by Crippen LogP contribution is 2.20. The fourth-order valence-corrected chi connectivity index (χ4v) is 1.92. The molecule has 0 aromatic carbocycles. The van der Waals surface area contributed by atoms with Crippen LogP contribution in [0.5, 0.6) is 0 Å². The number of likely N-dealkylation sites (tertiary alicyclic amines) is 1. The second kappa shape index (κ2) is 7.03. The topological polar surface area (TPSA) is 39.9 Å². The molecule has 0 radical (unpaired) electrons. The summed E-state index contributed by atoms with van der Waals surface area (Å²) in [5.41, 5.74) is 1.52. The molecule has 0 spiro atoms. The van der Waals surface area contributed by atoms with E-state index in [-0.39, 0.29) is 0 Å². The summed E-state index contributed by atoms with van der Waals surface area (Å²) >= 11 is 0. The molecule has 0 N–H and O–H groups in total. The number of pyridine rings is 1. The van der Waals surface area contributed by atoms with E-state index in [1.807, 2.05) is 26.0 Å². The van der Waals surface area contributed by atoms with Crippen molar-refractivity contribution in [3.05, 3.63) is 29.6 Å². The van der Waals surface area contributed by atoms with Gasteiger partial charge in [0.2, 0.25) is 0 Å². The zero-order chi connectivity index (χ0) is 12.7. The van der Waals surface area contributed by atoms with Crippen molar-refractivity contribution >= 4 is 0 Å². The van der Waals surface area contributed by atoms with Crippen molar-refractivity contribution < 1.29 is 0 Å². The first-order valence-electron chi connectivity index (χ1n) is 6.40. The fourth-order valence-electron chi connectivity index (χ4n) is 1.92. The lowest BCUT2D eigenvalue weighted by atomic mass is 9.97. The van der Waals surface area contributed by atoms with Crippen molar-refractivity contribution in [3.63, 3.8) is 0 Å². The van der Waals surface area contributed by atoms with Crippen LogP contribution in [0.4, 0.5) is 0 Å². The van der Waals surface area contributed by atoms with Crippen molar-refractivity contribution in [2.75, 3.05) is 13.1 Å². The van der Waals surface area contributed by atoms with Crippen molar-refractivity contribution in [3.8, 4) is 6.07 Å². The Morgan fingerprint density at radius 3 is 2.71 bits per heavy atom. The van der Waals surface area contributed by atoms with Crippen molar-refractivity contribution in [1.29, 1.82) is 5.26 Å². The van der Waals surface area contributed by atoms with E-state index >= 15 is 0 Å². The molecule has 0 saturated carbocycles. The predicted octanol–water partition coefficient (Wildman–Crippen LogP) is 2.82. The minimum atomic E-state index is 0.514. The van der Waals surface area contributed by atoms with Crippen LogP contribution in [-0.2, 0) is 6.54 Å². The molecule has 1 aliphatic rings. The van der Waals surface area contributed by atoms with Gasteiger partial charge in [-0.2, -0.15) is 5.26 Å². The van der Waals surface area contributed by atoms with E-state index in [1.54, 1.807) is 6.07 Å². The third-order valence-electron chi connectivity index (χ3n) is 2.92. The minimum Gasteiger partial charge on any atom is -0.297 e. The molecular formula is C14H21N3. The summed E-state index contributed by atoms with van der Waals surface area (Å²) in [5, 5.41) is 8.72. The summed E-state index contributed by atoms with van der Waals surface area (Å²) in [7, 11) is 0. The molecular weight excluding hydrogens is 210 g/mol. The second-order valence-electron chi connectivity index (χ2n) is 4.09. The molecule has 0 aliphatic carbocycles. The molecule has 1 aliphatic heterocycles. The quantitative estimate of drug-likeness (QED) is 0.803. The number of nitrogens with zero attached hydrogens (tertiary/aromatic N) is 3. The summed E-state index contributed by atoms with van der Waals surface area (Å²) in [6, 6.07) is 7.70. The highest BCUT2D eigenvalue weighted by atomic mass is 15.2. The zero-order valence-electron chi connectivity index (χ0n) is 11.0. The van der Waals surface area contributed by atoms with E-state index in [1.165, 1.54) is 19.5 Å². The first kappa shape index (κ1) is 13.7. The normalized spacial score (nSPS) is 15.4. The highest BCUT2D eigenvalue weighted by Gasteiger charge is 2.24. The molecule has 1 aromatic rings. The molecule has 3 heteroatoms. The van der Waals surface area contributed by atoms with Crippen LogP contribution >= 0.6 is 0 Å².